The molecule has 0 aromatic heterocycles. The largest absolute Gasteiger partial charge is 0.497 e. The van der Waals surface area contributed by atoms with Crippen LogP contribution in [0.25, 0.3) is 0 Å². The Hall–Kier alpha value is -4.00. The average Bonchev–Trinajstić information content (AvgIpc) is 3.31. The second-order valence-electron chi connectivity index (χ2n) is 8.82. The van der Waals surface area contributed by atoms with Gasteiger partial charge >= 0.3 is 11.8 Å². The summed E-state index contributed by atoms with van der Waals surface area (Å²) in [6.07, 6.45) is 0.956. The number of hydrogen-bond acceptors (Lipinski definition) is 5. The Balaban J connectivity index is 1.45. The number of rotatable bonds is 8. The summed E-state index contributed by atoms with van der Waals surface area (Å²) < 4.78 is 5.21. The van der Waals surface area contributed by atoms with E-state index in [4.69, 9.17) is 4.74 Å². The molecule has 182 valence electrons. The number of nitrogens with zero attached hydrogens (tertiary/aromatic N) is 2. The van der Waals surface area contributed by atoms with E-state index in [0.29, 0.717) is 12.3 Å². The van der Waals surface area contributed by atoms with E-state index in [2.05, 4.69) is 62.9 Å². The van der Waals surface area contributed by atoms with Crippen LogP contribution in [0.2, 0.25) is 0 Å². The molecule has 1 unspecified atom stereocenters. The van der Waals surface area contributed by atoms with E-state index in [1.807, 2.05) is 44.4 Å². The van der Waals surface area contributed by atoms with Gasteiger partial charge in [0.05, 0.1) is 13.2 Å². The number of nitrogens with one attached hydrogen (secondary N) is 2. The molecule has 0 saturated carbocycles. The second kappa shape index (κ2) is 11.0. The number of hydrogen-bond donors (Lipinski definition) is 2. The minimum absolute atomic E-state index is 0.0926. The lowest BCUT2D eigenvalue weighted by Crippen LogP contribution is -2.43. The SMILES string of the molecule is COc1cccc(CNC(=O)C(=O)NCC(c2ccc(N(C)C)cc2)N2CCc3ccccc32)c1. The lowest BCUT2D eigenvalue weighted by atomic mass is 10.0. The molecule has 3 aromatic carbocycles. The summed E-state index contributed by atoms with van der Waals surface area (Å²) in [5, 5.41) is 5.55. The number of methoxy groups -OCH3 is 1. The van der Waals surface area contributed by atoms with Gasteiger partial charge in [0.25, 0.3) is 0 Å². The smallest absolute Gasteiger partial charge is 0.309 e. The van der Waals surface area contributed by atoms with Gasteiger partial charge in [-0.25, -0.2) is 0 Å². The summed E-state index contributed by atoms with van der Waals surface area (Å²) in [6.45, 7) is 1.43. The predicted molar refractivity (Wildman–Crippen MR) is 139 cm³/mol. The number of ether oxygens (including phenoxy) is 1. The molecule has 1 aliphatic rings. The molecule has 0 saturated heterocycles. The number of carbonyl (C=O) groups is 2. The molecular weight excluding hydrogens is 440 g/mol. The fraction of sp³-hybridized carbons (Fsp3) is 0.286. The third-order valence-corrected chi connectivity index (χ3v) is 6.34. The maximum atomic E-state index is 12.7. The van der Waals surface area contributed by atoms with Gasteiger partial charge in [0.2, 0.25) is 0 Å². The summed E-state index contributed by atoms with van der Waals surface area (Å²) in [6, 6.07) is 24.0. The molecule has 0 radical (unpaired) electrons. The monoisotopic (exact) mass is 472 g/mol. The summed E-state index contributed by atoms with van der Waals surface area (Å²) in [4.78, 5) is 29.5. The lowest BCUT2D eigenvalue weighted by molar-refractivity contribution is -0.139. The van der Waals surface area contributed by atoms with Crippen molar-refractivity contribution < 1.29 is 14.3 Å². The van der Waals surface area contributed by atoms with Crippen LogP contribution in [-0.2, 0) is 22.6 Å². The van der Waals surface area contributed by atoms with Crippen LogP contribution in [0.4, 0.5) is 11.4 Å². The highest BCUT2D eigenvalue weighted by atomic mass is 16.5. The van der Waals surface area contributed by atoms with Crippen molar-refractivity contribution in [1.29, 1.82) is 0 Å². The Kier molecular flexibility index (Phi) is 7.55. The Bertz CT molecular complexity index is 1180. The van der Waals surface area contributed by atoms with Crippen molar-refractivity contribution in [2.45, 2.75) is 19.0 Å². The topological polar surface area (TPSA) is 73.9 Å². The van der Waals surface area contributed by atoms with Crippen LogP contribution in [0, 0.1) is 0 Å². The van der Waals surface area contributed by atoms with Crippen molar-refractivity contribution in [3.8, 4) is 5.75 Å². The minimum atomic E-state index is -0.656. The predicted octanol–water partition coefficient (Wildman–Crippen LogP) is 3.30. The van der Waals surface area contributed by atoms with Gasteiger partial charge in [-0.05, 0) is 53.4 Å². The highest BCUT2D eigenvalue weighted by Crippen LogP contribution is 2.35. The summed E-state index contributed by atoms with van der Waals surface area (Å²) in [7, 11) is 5.61. The van der Waals surface area contributed by atoms with Crippen LogP contribution in [-0.4, -0.2) is 46.1 Å². The highest BCUT2D eigenvalue weighted by Gasteiger charge is 2.28. The minimum Gasteiger partial charge on any atom is -0.497 e. The second-order valence-corrected chi connectivity index (χ2v) is 8.82. The summed E-state index contributed by atoms with van der Waals surface area (Å²) in [5.74, 6) is -0.596. The van der Waals surface area contributed by atoms with Crippen LogP contribution in [0.15, 0.2) is 72.8 Å². The molecule has 0 fully saturated rings. The van der Waals surface area contributed by atoms with E-state index >= 15 is 0 Å². The molecule has 0 spiro atoms. The van der Waals surface area contributed by atoms with Crippen LogP contribution in [0.1, 0.15) is 22.7 Å². The third-order valence-electron chi connectivity index (χ3n) is 6.34. The Morgan fingerprint density at radius 1 is 0.971 bits per heavy atom. The molecule has 1 aliphatic heterocycles. The number of benzene rings is 3. The first kappa shape index (κ1) is 24.1. The highest BCUT2D eigenvalue weighted by molar-refractivity contribution is 6.35. The first-order valence-electron chi connectivity index (χ1n) is 11.8. The maximum absolute atomic E-state index is 12.7. The molecule has 0 aliphatic carbocycles. The molecule has 4 rings (SSSR count). The molecule has 3 aromatic rings. The van der Waals surface area contributed by atoms with Crippen molar-refractivity contribution >= 4 is 23.2 Å². The van der Waals surface area contributed by atoms with E-state index in [-0.39, 0.29) is 12.6 Å². The van der Waals surface area contributed by atoms with Crippen LogP contribution >= 0.6 is 0 Å². The average molecular weight is 473 g/mol. The molecule has 1 heterocycles. The number of carbonyl (C=O) groups excluding carboxylic acids is 2. The van der Waals surface area contributed by atoms with Crippen molar-refractivity contribution in [3.05, 3.63) is 89.5 Å². The standard InChI is InChI=1S/C28H32N4O3/c1-31(2)23-13-11-22(12-14-23)26(32-16-15-21-8-4-5-10-25(21)32)19-30-28(34)27(33)29-18-20-7-6-9-24(17-20)35-3/h4-14,17,26H,15-16,18-19H2,1-3H3,(H,29,33)(H,30,34). The normalized spacial score (nSPS) is 13.1. The lowest BCUT2D eigenvalue weighted by Gasteiger charge is -2.31. The third kappa shape index (κ3) is 5.74. The van der Waals surface area contributed by atoms with Crippen molar-refractivity contribution in [2.75, 3.05) is 44.1 Å². The molecule has 7 nitrogen and oxygen atoms in total. The van der Waals surface area contributed by atoms with Gasteiger partial charge in [-0.2, -0.15) is 0 Å². The van der Waals surface area contributed by atoms with Crippen LogP contribution in [0.5, 0.6) is 5.75 Å². The Morgan fingerprint density at radius 2 is 1.71 bits per heavy atom. The number of anilines is 2. The quantitative estimate of drug-likeness (QED) is 0.492. The van der Waals surface area contributed by atoms with Gasteiger partial charge < -0.3 is 25.2 Å². The first-order valence-corrected chi connectivity index (χ1v) is 11.8. The Labute approximate surface area is 206 Å². The van der Waals surface area contributed by atoms with Gasteiger partial charge in [0.1, 0.15) is 5.75 Å². The number of amides is 2. The van der Waals surface area contributed by atoms with E-state index in [1.54, 1.807) is 7.11 Å². The van der Waals surface area contributed by atoms with Crippen LogP contribution < -0.4 is 25.2 Å². The zero-order chi connectivity index (χ0) is 24.8. The fourth-order valence-corrected chi connectivity index (χ4v) is 4.40. The van der Waals surface area contributed by atoms with E-state index in [0.717, 1.165) is 29.8 Å². The molecule has 0 bridgehead atoms. The van der Waals surface area contributed by atoms with Crippen molar-refractivity contribution in [2.24, 2.45) is 0 Å². The fourth-order valence-electron chi connectivity index (χ4n) is 4.40. The molecular formula is C28H32N4O3. The molecule has 7 heteroatoms. The van der Waals surface area contributed by atoms with Gasteiger partial charge in [0.15, 0.2) is 0 Å². The van der Waals surface area contributed by atoms with E-state index < -0.39 is 11.8 Å². The molecule has 2 amide bonds. The van der Waals surface area contributed by atoms with Gasteiger partial charge in [-0.3, -0.25) is 9.59 Å². The van der Waals surface area contributed by atoms with Gasteiger partial charge in [0, 0.05) is 45.1 Å². The molecule has 35 heavy (non-hydrogen) atoms. The Morgan fingerprint density at radius 3 is 2.46 bits per heavy atom. The van der Waals surface area contributed by atoms with Gasteiger partial charge in [-0.15, -0.1) is 0 Å². The summed E-state index contributed by atoms with van der Waals surface area (Å²) in [5.41, 5.74) is 5.52. The summed E-state index contributed by atoms with van der Waals surface area (Å²) >= 11 is 0. The van der Waals surface area contributed by atoms with E-state index in [1.165, 1.54) is 11.3 Å². The number of para-hydroxylation sites is 1. The number of fused-ring (bicyclic) bond motifs is 1. The first-order chi connectivity index (χ1) is 17.0. The van der Waals surface area contributed by atoms with Gasteiger partial charge in [-0.1, -0.05) is 42.5 Å². The zero-order valence-electron chi connectivity index (χ0n) is 20.5. The molecule has 2 N–H and O–H groups in total. The zero-order valence-corrected chi connectivity index (χ0v) is 20.5. The molecule has 1 atom stereocenters. The maximum Gasteiger partial charge on any atom is 0.309 e. The van der Waals surface area contributed by atoms with Crippen LogP contribution in [0.3, 0.4) is 0 Å². The van der Waals surface area contributed by atoms with Crippen molar-refractivity contribution in [3.63, 3.8) is 0 Å². The van der Waals surface area contributed by atoms with E-state index in [9.17, 15) is 9.59 Å². The van der Waals surface area contributed by atoms with Crippen molar-refractivity contribution in [1.82, 2.24) is 10.6 Å².